The fourth-order valence-corrected chi connectivity index (χ4v) is 2.27. The number of nitrogens with zero attached hydrogens (tertiary/aromatic N) is 3. The van der Waals surface area contributed by atoms with Gasteiger partial charge in [0.25, 0.3) is 5.56 Å². The van der Waals surface area contributed by atoms with Crippen LogP contribution in [0.25, 0.3) is 10.9 Å². The highest BCUT2D eigenvalue weighted by atomic mass is 16.1. The van der Waals surface area contributed by atoms with Gasteiger partial charge in [0.05, 0.1) is 18.3 Å². The molecular weight excluding hydrogens is 268 g/mol. The third-order valence-corrected chi connectivity index (χ3v) is 3.32. The third-order valence-electron chi connectivity index (χ3n) is 3.32. The summed E-state index contributed by atoms with van der Waals surface area (Å²) in [5.74, 6) is 0. The van der Waals surface area contributed by atoms with Crippen molar-refractivity contribution < 1.29 is 0 Å². The number of nitrogens with two attached hydrogens (primary N) is 1. The molecule has 0 saturated carbocycles. The summed E-state index contributed by atoms with van der Waals surface area (Å²) in [5, 5.41) is 4.75. The lowest BCUT2D eigenvalue weighted by Crippen LogP contribution is -2.23. The van der Waals surface area contributed by atoms with Crippen LogP contribution >= 0.6 is 0 Å². The fourth-order valence-electron chi connectivity index (χ4n) is 2.27. The van der Waals surface area contributed by atoms with Gasteiger partial charge in [-0.05, 0) is 18.2 Å². The van der Waals surface area contributed by atoms with Crippen LogP contribution in [0.1, 0.15) is 0 Å². The Labute approximate surface area is 120 Å². The molecule has 2 aromatic heterocycles. The van der Waals surface area contributed by atoms with E-state index in [2.05, 4.69) is 5.10 Å². The molecule has 0 radical (unpaired) electrons. The summed E-state index contributed by atoms with van der Waals surface area (Å²) in [6.45, 7) is 0.911. The van der Waals surface area contributed by atoms with Crippen LogP contribution in [-0.4, -0.2) is 14.3 Å². The molecule has 2 N–H and O–H groups in total. The number of rotatable bonds is 3. The van der Waals surface area contributed by atoms with Gasteiger partial charge in [-0.25, -0.2) is 0 Å². The van der Waals surface area contributed by atoms with Gasteiger partial charge >= 0.3 is 0 Å². The van der Waals surface area contributed by atoms with E-state index in [4.69, 9.17) is 5.73 Å². The minimum atomic E-state index is -0.116. The first-order chi connectivity index (χ1) is 10.1. The lowest BCUT2D eigenvalue weighted by molar-refractivity contribution is 0.530. The zero-order valence-electron chi connectivity index (χ0n) is 11.3. The average Bonchev–Trinajstić information content (AvgIpc) is 2.50. The molecule has 0 unspecified atom stereocenters. The van der Waals surface area contributed by atoms with Crippen molar-refractivity contribution in [2.24, 2.45) is 0 Å². The molecule has 0 spiro atoms. The molecule has 0 aliphatic carbocycles. The molecule has 0 amide bonds. The van der Waals surface area contributed by atoms with Crippen molar-refractivity contribution in [3.8, 4) is 0 Å². The van der Waals surface area contributed by atoms with Gasteiger partial charge in [0.1, 0.15) is 0 Å². The van der Waals surface area contributed by atoms with Crippen molar-refractivity contribution in [3.05, 3.63) is 69.4 Å². The van der Waals surface area contributed by atoms with Crippen LogP contribution in [0.2, 0.25) is 0 Å². The van der Waals surface area contributed by atoms with E-state index in [1.165, 1.54) is 16.8 Å². The van der Waals surface area contributed by atoms with Crippen LogP contribution in [0.5, 0.6) is 0 Å². The molecule has 3 aromatic rings. The Bertz CT molecular complexity index is 911. The summed E-state index contributed by atoms with van der Waals surface area (Å²) in [5.41, 5.74) is 6.75. The highest BCUT2D eigenvalue weighted by Gasteiger charge is 2.04. The molecule has 21 heavy (non-hydrogen) atoms. The van der Waals surface area contributed by atoms with Crippen LogP contribution in [0.4, 0.5) is 5.69 Å². The summed E-state index contributed by atoms with van der Waals surface area (Å²) in [6.07, 6.45) is 2.90. The first-order valence-electron chi connectivity index (χ1n) is 6.56. The molecule has 2 heterocycles. The molecule has 106 valence electrons. The maximum absolute atomic E-state index is 11.8. The van der Waals surface area contributed by atoms with Crippen LogP contribution in [0.3, 0.4) is 0 Å². The van der Waals surface area contributed by atoms with E-state index in [9.17, 15) is 9.59 Å². The number of aryl methyl sites for hydroxylation is 2. The van der Waals surface area contributed by atoms with Crippen LogP contribution < -0.4 is 16.7 Å². The number of pyridine rings is 1. The maximum atomic E-state index is 11.8. The molecule has 0 saturated heterocycles. The molecule has 1 aromatic carbocycles. The van der Waals surface area contributed by atoms with Gasteiger partial charge in [-0.2, -0.15) is 5.10 Å². The number of hydrogen-bond acceptors (Lipinski definition) is 4. The molecule has 0 aliphatic heterocycles. The molecule has 3 rings (SSSR count). The first kappa shape index (κ1) is 13.1. The van der Waals surface area contributed by atoms with E-state index in [1.54, 1.807) is 23.0 Å². The summed E-state index contributed by atoms with van der Waals surface area (Å²) in [6, 6.07) is 10.3. The standard InChI is InChI=1S/C15H14N4O2/c16-11-5-6-15(21)18(10-11)7-8-19-13-4-2-1-3-12(13)14(20)9-17-19/h1-6,9-10H,7-8,16H2. The highest BCUT2D eigenvalue weighted by Crippen LogP contribution is 2.08. The van der Waals surface area contributed by atoms with E-state index in [0.717, 1.165) is 5.52 Å². The summed E-state index contributed by atoms with van der Waals surface area (Å²) in [7, 11) is 0. The maximum Gasteiger partial charge on any atom is 0.250 e. The van der Waals surface area contributed by atoms with Gasteiger partial charge in [0.2, 0.25) is 5.43 Å². The predicted molar refractivity (Wildman–Crippen MR) is 81.1 cm³/mol. The molecule has 0 atom stereocenters. The minimum absolute atomic E-state index is 0.108. The monoisotopic (exact) mass is 282 g/mol. The second-order valence-corrected chi connectivity index (χ2v) is 4.74. The van der Waals surface area contributed by atoms with E-state index >= 15 is 0 Å². The zero-order valence-corrected chi connectivity index (χ0v) is 11.3. The van der Waals surface area contributed by atoms with Crippen LogP contribution in [0, 0.1) is 0 Å². The predicted octanol–water partition coefficient (Wildman–Crippen LogP) is 0.841. The van der Waals surface area contributed by atoms with E-state index in [-0.39, 0.29) is 11.0 Å². The third kappa shape index (κ3) is 2.55. The fraction of sp³-hybridized carbons (Fsp3) is 0.133. The Morgan fingerprint density at radius 3 is 2.71 bits per heavy atom. The number of aromatic nitrogens is 3. The van der Waals surface area contributed by atoms with Crippen molar-refractivity contribution in [2.45, 2.75) is 13.1 Å². The topological polar surface area (TPSA) is 82.9 Å². The lowest BCUT2D eigenvalue weighted by atomic mass is 10.2. The van der Waals surface area contributed by atoms with Gasteiger partial charge in [-0.1, -0.05) is 12.1 Å². The van der Waals surface area contributed by atoms with Crippen LogP contribution in [-0.2, 0) is 13.1 Å². The number of anilines is 1. The van der Waals surface area contributed by atoms with Crippen molar-refractivity contribution in [3.63, 3.8) is 0 Å². The van der Waals surface area contributed by atoms with Gasteiger partial charge in [-0.15, -0.1) is 0 Å². The minimum Gasteiger partial charge on any atom is -0.398 e. The zero-order chi connectivity index (χ0) is 14.8. The van der Waals surface area contributed by atoms with Crippen LogP contribution in [0.15, 0.2) is 58.4 Å². The van der Waals surface area contributed by atoms with Crippen molar-refractivity contribution in [2.75, 3.05) is 5.73 Å². The van der Waals surface area contributed by atoms with Gasteiger partial charge in [-0.3, -0.25) is 14.3 Å². The number of fused-ring (bicyclic) bond motifs is 1. The van der Waals surface area contributed by atoms with Crippen molar-refractivity contribution >= 4 is 16.6 Å². The normalized spacial score (nSPS) is 10.9. The Morgan fingerprint density at radius 1 is 1.05 bits per heavy atom. The second kappa shape index (κ2) is 5.24. The van der Waals surface area contributed by atoms with Gasteiger partial charge < -0.3 is 10.3 Å². The SMILES string of the molecule is Nc1ccc(=O)n(CCn2ncc(=O)c3ccccc32)c1. The number of nitrogen functional groups attached to an aromatic ring is 1. The highest BCUT2D eigenvalue weighted by molar-refractivity contribution is 5.77. The molecular formula is C15H14N4O2. The Balaban J connectivity index is 1.96. The Hall–Kier alpha value is -2.89. The lowest BCUT2D eigenvalue weighted by Gasteiger charge is -2.10. The van der Waals surface area contributed by atoms with E-state index < -0.39 is 0 Å². The molecule has 0 bridgehead atoms. The number of hydrogen-bond donors (Lipinski definition) is 1. The molecule has 0 fully saturated rings. The number of benzene rings is 1. The van der Waals surface area contributed by atoms with Gasteiger partial charge in [0, 0.05) is 29.9 Å². The smallest absolute Gasteiger partial charge is 0.250 e. The number of para-hydroxylation sites is 1. The Kier molecular flexibility index (Phi) is 3.27. The van der Waals surface area contributed by atoms with E-state index in [1.807, 2.05) is 18.2 Å². The summed E-state index contributed by atoms with van der Waals surface area (Å²) in [4.78, 5) is 23.5. The molecule has 6 nitrogen and oxygen atoms in total. The van der Waals surface area contributed by atoms with E-state index in [0.29, 0.717) is 24.2 Å². The average molecular weight is 282 g/mol. The largest absolute Gasteiger partial charge is 0.398 e. The molecule has 0 aliphatic rings. The Morgan fingerprint density at radius 2 is 1.86 bits per heavy atom. The summed E-state index contributed by atoms with van der Waals surface area (Å²) < 4.78 is 3.25. The first-order valence-corrected chi connectivity index (χ1v) is 6.56. The summed E-state index contributed by atoms with van der Waals surface area (Å²) >= 11 is 0. The van der Waals surface area contributed by atoms with Crippen molar-refractivity contribution in [1.29, 1.82) is 0 Å². The van der Waals surface area contributed by atoms with Crippen molar-refractivity contribution in [1.82, 2.24) is 14.3 Å². The second-order valence-electron chi connectivity index (χ2n) is 4.74. The molecule has 6 heteroatoms. The quantitative estimate of drug-likeness (QED) is 0.771. The van der Waals surface area contributed by atoms with Gasteiger partial charge in [0.15, 0.2) is 0 Å².